The summed E-state index contributed by atoms with van der Waals surface area (Å²) >= 11 is 0. The highest BCUT2D eigenvalue weighted by atomic mass is 16.5. The highest BCUT2D eigenvalue weighted by Crippen LogP contribution is 2.31. The molecule has 0 aliphatic carbocycles. The quantitative estimate of drug-likeness (QED) is 0.746. The van der Waals surface area contributed by atoms with Crippen LogP contribution in [0.3, 0.4) is 0 Å². The minimum absolute atomic E-state index is 0.427. The van der Waals surface area contributed by atoms with E-state index in [9.17, 15) is 0 Å². The molecule has 0 spiro atoms. The molecule has 2 aromatic heterocycles. The van der Waals surface area contributed by atoms with E-state index in [2.05, 4.69) is 9.97 Å². The molecule has 0 aliphatic heterocycles. The summed E-state index contributed by atoms with van der Waals surface area (Å²) in [5, 5.41) is 0. The second-order valence-electron chi connectivity index (χ2n) is 3.77. The lowest BCUT2D eigenvalue weighted by atomic mass is 10.2. The fraction of sp³-hybridized carbons (Fsp3) is 0.0769. The summed E-state index contributed by atoms with van der Waals surface area (Å²) in [7, 11) is 1.61. The van der Waals surface area contributed by atoms with Crippen molar-refractivity contribution in [2.24, 2.45) is 0 Å². The third-order valence-corrected chi connectivity index (χ3v) is 2.67. The minimum atomic E-state index is 0.427. The van der Waals surface area contributed by atoms with Gasteiger partial charge >= 0.3 is 0 Å². The van der Waals surface area contributed by atoms with Gasteiger partial charge in [0.2, 0.25) is 11.6 Å². The normalized spacial score (nSPS) is 10.7. The number of nitrogens with zero attached hydrogens (tertiary/aromatic N) is 2. The van der Waals surface area contributed by atoms with E-state index in [1.54, 1.807) is 19.4 Å². The molecular formula is C13H11N3O2. The molecule has 2 N–H and O–H groups in total. The monoisotopic (exact) mass is 241 g/mol. The Morgan fingerprint density at radius 1 is 1.22 bits per heavy atom. The van der Waals surface area contributed by atoms with Gasteiger partial charge in [-0.2, -0.15) is 0 Å². The standard InChI is InChI=1S/C13H11N3O2/c1-17-10-5-3-2-4-8(10)12-16-11-9(14)6-7-15-13(11)18-12/h2-7H,1H3,(H2,14,15). The average molecular weight is 241 g/mol. The Balaban J connectivity index is 2.23. The third kappa shape index (κ3) is 1.57. The molecule has 5 heteroatoms. The smallest absolute Gasteiger partial charge is 0.249 e. The molecule has 2 heterocycles. The number of benzene rings is 1. The van der Waals surface area contributed by atoms with E-state index in [1.807, 2.05) is 24.3 Å². The first-order chi connectivity index (χ1) is 8.79. The number of fused-ring (bicyclic) bond motifs is 1. The lowest BCUT2D eigenvalue weighted by Gasteiger charge is -2.03. The molecule has 0 aliphatic rings. The van der Waals surface area contributed by atoms with Gasteiger partial charge in [0.15, 0.2) is 5.52 Å². The lowest BCUT2D eigenvalue weighted by Crippen LogP contribution is -1.88. The van der Waals surface area contributed by atoms with E-state index in [-0.39, 0.29) is 0 Å². The number of methoxy groups -OCH3 is 1. The lowest BCUT2D eigenvalue weighted by molar-refractivity contribution is 0.414. The fourth-order valence-corrected chi connectivity index (χ4v) is 1.79. The van der Waals surface area contributed by atoms with E-state index in [0.717, 1.165) is 5.56 Å². The summed E-state index contributed by atoms with van der Waals surface area (Å²) < 4.78 is 10.9. The molecule has 3 rings (SSSR count). The van der Waals surface area contributed by atoms with E-state index in [1.165, 1.54) is 0 Å². The number of anilines is 1. The van der Waals surface area contributed by atoms with Crippen LogP contribution in [0.5, 0.6) is 5.75 Å². The minimum Gasteiger partial charge on any atom is -0.496 e. The van der Waals surface area contributed by atoms with Crippen molar-refractivity contribution in [2.75, 3.05) is 12.8 Å². The zero-order valence-corrected chi connectivity index (χ0v) is 9.75. The first-order valence-electron chi connectivity index (χ1n) is 5.44. The molecular weight excluding hydrogens is 230 g/mol. The molecule has 0 saturated heterocycles. The summed E-state index contributed by atoms with van der Waals surface area (Å²) in [6.07, 6.45) is 1.59. The summed E-state index contributed by atoms with van der Waals surface area (Å²) in [6, 6.07) is 9.19. The number of pyridine rings is 1. The Morgan fingerprint density at radius 2 is 2.06 bits per heavy atom. The van der Waals surface area contributed by atoms with Crippen molar-refractivity contribution in [1.29, 1.82) is 0 Å². The van der Waals surface area contributed by atoms with Gasteiger partial charge in [-0.3, -0.25) is 0 Å². The summed E-state index contributed by atoms with van der Waals surface area (Å²) in [5.74, 6) is 1.15. The number of nitrogen functional groups attached to an aromatic ring is 1. The zero-order chi connectivity index (χ0) is 12.5. The van der Waals surface area contributed by atoms with Crippen LogP contribution in [-0.2, 0) is 0 Å². The van der Waals surface area contributed by atoms with E-state index >= 15 is 0 Å². The Kier molecular flexibility index (Phi) is 2.37. The van der Waals surface area contributed by atoms with Gasteiger partial charge in [0.05, 0.1) is 18.4 Å². The second kappa shape index (κ2) is 4.03. The van der Waals surface area contributed by atoms with Crippen LogP contribution in [0.2, 0.25) is 0 Å². The maximum absolute atomic E-state index is 5.82. The number of para-hydroxylation sites is 1. The highest BCUT2D eigenvalue weighted by Gasteiger charge is 2.14. The van der Waals surface area contributed by atoms with Crippen molar-refractivity contribution >= 4 is 16.9 Å². The van der Waals surface area contributed by atoms with Gasteiger partial charge in [0, 0.05) is 6.20 Å². The number of nitrogens with two attached hydrogens (primary N) is 1. The van der Waals surface area contributed by atoms with Gasteiger partial charge in [-0.1, -0.05) is 12.1 Å². The first kappa shape index (κ1) is 10.6. The Hall–Kier alpha value is -2.56. The molecule has 90 valence electrons. The Morgan fingerprint density at radius 3 is 2.83 bits per heavy atom. The molecule has 18 heavy (non-hydrogen) atoms. The Bertz CT molecular complexity index is 706. The number of hydrogen-bond donors (Lipinski definition) is 1. The molecule has 0 amide bonds. The number of rotatable bonds is 2. The van der Waals surface area contributed by atoms with Gasteiger partial charge in [0.25, 0.3) is 0 Å². The molecule has 0 atom stereocenters. The van der Waals surface area contributed by atoms with Gasteiger partial charge in [-0.25, -0.2) is 9.97 Å². The summed E-state index contributed by atoms with van der Waals surface area (Å²) in [4.78, 5) is 8.45. The molecule has 0 bridgehead atoms. The van der Waals surface area contributed by atoms with Crippen molar-refractivity contribution in [2.45, 2.75) is 0 Å². The van der Waals surface area contributed by atoms with Crippen LogP contribution >= 0.6 is 0 Å². The van der Waals surface area contributed by atoms with Crippen LogP contribution in [0.4, 0.5) is 5.69 Å². The molecule has 3 aromatic rings. The van der Waals surface area contributed by atoms with Crippen LogP contribution in [0.1, 0.15) is 0 Å². The topological polar surface area (TPSA) is 74.2 Å². The molecule has 0 radical (unpaired) electrons. The average Bonchev–Trinajstić information content (AvgIpc) is 2.84. The van der Waals surface area contributed by atoms with Crippen molar-refractivity contribution in [3.8, 4) is 17.2 Å². The van der Waals surface area contributed by atoms with Crippen molar-refractivity contribution in [3.63, 3.8) is 0 Å². The number of aromatic nitrogens is 2. The predicted molar refractivity (Wildman–Crippen MR) is 68.2 cm³/mol. The van der Waals surface area contributed by atoms with Crippen molar-refractivity contribution in [3.05, 3.63) is 36.5 Å². The van der Waals surface area contributed by atoms with Gasteiger partial charge < -0.3 is 14.9 Å². The fourth-order valence-electron chi connectivity index (χ4n) is 1.79. The molecule has 0 saturated carbocycles. The SMILES string of the molecule is COc1ccccc1-c1nc2c(N)ccnc2o1. The van der Waals surface area contributed by atoms with Gasteiger partial charge in [-0.15, -0.1) is 0 Å². The summed E-state index contributed by atoms with van der Waals surface area (Å²) in [5.41, 5.74) is 8.14. The van der Waals surface area contributed by atoms with Crippen LogP contribution in [0.25, 0.3) is 22.7 Å². The largest absolute Gasteiger partial charge is 0.496 e. The van der Waals surface area contributed by atoms with E-state index < -0.39 is 0 Å². The van der Waals surface area contributed by atoms with Crippen LogP contribution in [0, 0.1) is 0 Å². The van der Waals surface area contributed by atoms with Crippen molar-refractivity contribution in [1.82, 2.24) is 9.97 Å². The van der Waals surface area contributed by atoms with E-state index in [0.29, 0.717) is 28.6 Å². The number of oxazole rings is 1. The maximum atomic E-state index is 5.82. The summed E-state index contributed by atoms with van der Waals surface area (Å²) in [6.45, 7) is 0. The predicted octanol–water partition coefficient (Wildman–Crippen LogP) is 2.48. The third-order valence-electron chi connectivity index (χ3n) is 2.67. The van der Waals surface area contributed by atoms with Crippen molar-refractivity contribution < 1.29 is 9.15 Å². The van der Waals surface area contributed by atoms with Gasteiger partial charge in [0.1, 0.15) is 5.75 Å². The van der Waals surface area contributed by atoms with Crippen LogP contribution < -0.4 is 10.5 Å². The number of ether oxygens (including phenoxy) is 1. The molecule has 0 unspecified atom stereocenters. The van der Waals surface area contributed by atoms with E-state index in [4.69, 9.17) is 14.9 Å². The molecule has 5 nitrogen and oxygen atoms in total. The molecule has 1 aromatic carbocycles. The van der Waals surface area contributed by atoms with Gasteiger partial charge in [-0.05, 0) is 18.2 Å². The first-order valence-corrected chi connectivity index (χ1v) is 5.44. The molecule has 0 fully saturated rings. The highest BCUT2D eigenvalue weighted by molar-refractivity contribution is 5.84. The van der Waals surface area contributed by atoms with Crippen LogP contribution in [-0.4, -0.2) is 17.1 Å². The second-order valence-corrected chi connectivity index (χ2v) is 3.77. The maximum Gasteiger partial charge on any atom is 0.249 e. The Labute approximate surface area is 103 Å². The van der Waals surface area contributed by atoms with Crippen LogP contribution in [0.15, 0.2) is 40.9 Å². The zero-order valence-electron chi connectivity index (χ0n) is 9.75. The number of hydrogen-bond acceptors (Lipinski definition) is 5.